The topological polar surface area (TPSA) is 46.3 Å². The number of nitrogens with zero attached hydrogens (tertiary/aromatic N) is 1. The molecule has 15 heavy (non-hydrogen) atoms. The van der Waals surface area contributed by atoms with Crippen LogP contribution in [0.25, 0.3) is 0 Å². The second-order valence-corrected chi connectivity index (χ2v) is 4.00. The van der Waals surface area contributed by atoms with Crippen molar-refractivity contribution in [3.63, 3.8) is 0 Å². The predicted molar refractivity (Wildman–Crippen MR) is 60.7 cm³/mol. The molecule has 1 atom stereocenters. The summed E-state index contributed by atoms with van der Waals surface area (Å²) in [5.74, 6) is 0.258. The van der Waals surface area contributed by atoms with E-state index in [2.05, 4.69) is 6.07 Å². The Morgan fingerprint density at radius 3 is 2.93 bits per heavy atom. The lowest BCUT2D eigenvalue weighted by Gasteiger charge is -2.31. The van der Waals surface area contributed by atoms with Crippen molar-refractivity contribution in [3.8, 4) is 0 Å². The number of hydrogen-bond donors (Lipinski definition) is 1. The Kier molecular flexibility index (Phi) is 2.73. The second kappa shape index (κ2) is 4.03. The quantitative estimate of drug-likeness (QED) is 0.786. The minimum Gasteiger partial charge on any atom is -0.330 e. The Labute approximate surface area is 89.9 Å². The molecule has 3 heteroatoms. The number of fused-ring (bicyclic) bond motifs is 1. The lowest BCUT2D eigenvalue weighted by molar-refractivity contribution is -0.122. The zero-order chi connectivity index (χ0) is 10.8. The molecule has 0 radical (unpaired) electrons. The van der Waals surface area contributed by atoms with Crippen molar-refractivity contribution in [1.29, 1.82) is 0 Å². The van der Waals surface area contributed by atoms with E-state index in [1.165, 1.54) is 5.56 Å². The van der Waals surface area contributed by atoms with Gasteiger partial charge in [0.2, 0.25) is 5.91 Å². The van der Waals surface area contributed by atoms with Gasteiger partial charge in [-0.3, -0.25) is 4.79 Å². The number of benzene rings is 1. The first kappa shape index (κ1) is 10.2. The van der Waals surface area contributed by atoms with E-state index in [0.717, 1.165) is 18.5 Å². The smallest absolute Gasteiger partial charge is 0.230 e. The molecule has 0 saturated heterocycles. The number of carbonyl (C=O) groups excluding carboxylic acids is 1. The van der Waals surface area contributed by atoms with Crippen molar-refractivity contribution >= 4 is 11.6 Å². The van der Waals surface area contributed by atoms with Crippen LogP contribution in [0.5, 0.6) is 0 Å². The zero-order valence-corrected chi connectivity index (χ0v) is 8.94. The average Bonchev–Trinajstić information content (AvgIpc) is 2.26. The number of hydrogen-bond acceptors (Lipinski definition) is 2. The fraction of sp³-hybridized carbons (Fsp3) is 0.417. The minimum absolute atomic E-state index is 0.0647. The van der Waals surface area contributed by atoms with Gasteiger partial charge in [-0.1, -0.05) is 18.2 Å². The summed E-state index contributed by atoms with van der Waals surface area (Å²) in [6.45, 7) is 0.576. The third kappa shape index (κ3) is 1.75. The van der Waals surface area contributed by atoms with E-state index in [4.69, 9.17) is 5.73 Å². The Bertz CT molecular complexity index is 376. The Morgan fingerprint density at radius 1 is 1.47 bits per heavy atom. The summed E-state index contributed by atoms with van der Waals surface area (Å²) in [5, 5.41) is 0. The number of amides is 1. The van der Waals surface area contributed by atoms with Crippen LogP contribution in [0, 0.1) is 5.92 Å². The van der Waals surface area contributed by atoms with E-state index in [-0.39, 0.29) is 11.8 Å². The SMILES string of the molecule is CN1C(=O)[C@H](CCN)Cc2ccccc21. The highest BCUT2D eigenvalue weighted by Crippen LogP contribution is 2.30. The fourth-order valence-corrected chi connectivity index (χ4v) is 2.18. The molecule has 1 aliphatic heterocycles. The van der Waals surface area contributed by atoms with Crippen molar-refractivity contribution in [2.24, 2.45) is 11.7 Å². The summed E-state index contributed by atoms with van der Waals surface area (Å²) in [7, 11) is 1.84. The largest absolute Gasteiger partial charge is 0.330 e. The van der Waals surface area contributed by atoms with E-state index in [1.807, 2.05) is 25.2 Å². The number of carbonyl (C=O) groups is 1. The molecule has 3 nitrogen and oxygen atoms in total. The summed E-state index contributed by atoms with van der Waals surface area (Å²) >= 11 is 0. The van der Waals surface area contributed by atoms with Crippen molar-refractivity contribution in [3.05, 3.63) is 29.8 Å². The normalized spacial score (nSPS) is 20.3. The van der Waals surface area contributed by atoms with Gasteiger partial charge in [0, 0.05) is 18.7 Å². The van der Waals surface area contributed by atoms with Gasteiger partial charge in [0.05, 0.1) is 0 Å². The highest BCUT2D eigenvalue weighted by atomic mass is 16.2. The van der Waals surface area contributed by atoms with E-state index in [1.54, 1.807) is 4.90 Å². The highest BCUT2D eigenvalue weighted by molar-refractivity contribution is 5.97. The molecule has 0 unspecified atom stereocenters. The first-order valence-corrected chi connectivity index (χ1v) is 5.29. The third-order valence-corrected chi connectivity index (χ3v) is 3.01. The van der Waals surface area contributed by atoms with Crippen LogP contribution in [-0.4, -0.2) is 19.5 Å². The van der Waals surface area contributed by atoms with Crippen molar-refractivity contribution in [1.82, 2.24) is 0 Å². The van der Waals surface area contributed by atoms with Gasteiger partial charge in [0.1, 0.15) is 0 Å². The van der Waals surface area contributed by atoms with E-state index in [0.29, 0.717) is 6.54 Å². The Morgan fingerprint density at radius 2 is 2.20 bits per heavy atom. The number of para-hydroxylation sites is 1. The molecular weight excluding hydrogens is 188 g/mol. The molecule has 1 amide bonds. The minimum atomic E-state index is 0.0647. The average molecular weight is 204 g/mol. The molecule has 0 aromatic heterocycles. The summed E-state index contributed by atoms with van der Waals surface area (Å²) in [6, 6.07) is 8.06. The van der Waals surface area contributed by atoms with Crippen LogP contribution in [0.3, 0.4) is 0 Å². The molecule has 0 fully saturated rings. The molecule has 2 N–H and O–H groups in total. The van der Waals surface area contributed by atoms with Gasteiger partial charge < -0.3 is 10.6 Å². The van der Waals surface area contributed by atoms with Gasteiger partial charge in [-0.15, -0.1) is 0 Å². The first-order valence-electron chi connectivity index (χ1n) is 5.29. The molecule has 2 rings (SSSR count). The Hall–Kier alpha value is -1.35. The molecule has 0 bridgehead atoms. The second-order valence-electron chi connectivity index (χ2n) is 4.00. The zero-order valence-electron chi connectivity index (χ0n) is 8.94. The lowest BCUT2D eigenvalue weighted by Crippen LogP contribution is -2.39. The third-order valence-electron chi connectivity index (χ3n) is 3.01. The highest BCUT2D eigenvalue weighted by Gasteiger charge is 2.29. The maximum absolute atomic E-state index is 11.9. The van der Waals surface area contributed by atoms with Crippen LogP contribution < -0.4 is 10.6 Å². The van der Waals surface area contributed by atoms with Gasteiger partial charge in [-0.25, -0.2) is 0 Å². The van der Waals surface area contributed by atoms with Gasteiger partial charge >= 0.3 is 0 Å². The molecule has 0 saturated carbocycles. The van der Waals surface area contributed by atoms with Crippen molar-refractivity contribution in [2.45, 2.75) is 12.8 Å². The fourth-order valence-electron chi connectivity index (χ4n) is 2.18. The van der Waals surface area contributed by atoms with Gasteiger partial charge in [-0.2, -0.15) is 0 Å². The van der Waals surface area contributed by atoms with Crippen LogP contribution in [0.2, 0.25) is 0 Å². The van der Waals surface area contributed by atoms with Gasteiger partial charge in [0.25, 0.3) is 0 Å². The summed E-state index contributed by atoms with van der Waals surface area (Å²) in [6.07, 6.45) is 1.61. The van der Waals surface area contributed by atoms with Crippen LogP contribution in [0.4, 0.5) is 5.69 Å². The van der Waals surface area contributed by atoms with Crippen LogP contribution in [0.15, 0.2) is 24.3 Å². The molecule has 0 spiro atoms. The predicted octanol–water partition coefficient (Wildman–Crippen LogP) is 1.17. The van der Waals surface area contributed by atoms with Gasteiger partial charge in [-0.05, 0) is 31.0 Å². The van der Waals surface area contributed by atoms with E-state index in [9.17, 15) is 4.79 Å². The molecule has 1 aliphatic rings. The number of nitrogens with two attached hydrogens (primary N) is 1. The monoisotopic (exact) mass is 204 g/mol. The van der Waals surface area contributed by atoms with Gasteiger partial charge in [0.15, 0.2) is 0 Å². The maximum Gasteiger partial charge on any atom is 0.230 e. The molecular formula is C12H16N2O. The van der Waals surface area contributed by atoms with Crippen molar-refractivity contribution < 1.29 is 4.79 Å². The standard InChI is InChI=1S/C12H16N2O/c1-14-11-5-3-2-4-9(11)8-10(6-7-13)12(14)15/h2-5,10H,6-8,13H2,1H3/t10-/m1/s1. The van der Waals surface area contributed by atoms with Crippen LogP contribution in [0.1, 0.15) is 12.0 Å². The van der Waals surface area contributed by atoms with E-state index < -0.39 is 0 Å². The van der Waals surface area contributed by atoms with E-state index >= 15 is 0 Å². The number of anilines is 1. The molecule has 1 aromatic rings. The molecule has 1 heterocycles. The summed E-state index contributed by atoms with van der Waals surface area (Å²) < 4.78 is 0. The first-order chi connectivity index (χ1) is 7.24. The maximum atomic E-state index is 11.9. The number of rotatable bonds is 2. The molecule has 0 aliphatic carbocycles. The summed E-state index contributed by atoms with van der Waals surface area (Å²) in [5.41, 5.74) is 7.80. The van der Waals surface area contributed by atoms with Crippen molar-refractivity contribution in [2.75, 3.05) is 18.5 Å². The molecule has 1 aromatic carbocycles. The van der Waals surface area contributed by atoms with Crippen LogP contribution >= 0.6 is 0 Å². The summed E-state index contributed by atoms with van der Waals surface area (Å²) in [4.78, 5) is 13.7. The molecule has 80 valence electrons. The van der Waals surface area contributed by atoms with Crippen LogP contribution in [-0.2, 0) is 11.2 Å². The Balaban J connectivity index is 2.32. The lowest BCUT2D eigenvalue weighted by atomic mass is 9.90.